The summed E-state index contributed by atoms with van der Waals surface area (Å²) in [7, 11) is 0. The molecule has 20 heavy (non-hydrogen) atoms. The first-order chi connectivity index (χ1) is 9.76. The number of thioether (sulfide) groups is 1. The molecule has 0 spiro atoms. The van der Waals surface area contributed by atoms with Gasteiger partial charge in [-0.15, -0.1) is 11.8 Å². The van der Waals surface area contributed by atoms with Crippen molar-refractivity contribution in [2.75, 3.05) is 0 Å². The minimum Gasteiger partial charge on any atom is -0.326 e. The van der Waals surface area contributed by atoms with Crippen LogP contribution in [-0.4, -0.2) is 11.3 Å². The lowest BCUT2D eigenvalue weighted by Crippen LogP contribution is -2.34. The molecule has 0 saturated carbocycles. The van der Waals surface area contributed by atoms with E-state index in [9.17, 15) is 0 Å². The number of benzene rings is 2. The van der Waals surface area contributed by atoms with Gasteiger partial charge in [-0.2, -0.15) is 0 Å². The molecule has 0 amide bonds. The van der Waals surface area contributed by atoms with Crippen LogP contribution in [0.2, 0.25) is 0 Å². The van der Waals surface area contributed by atoms with E-state index in [-0.39, 0.29) is 6.04 Å². The molecule has 0 aromatic heterocycles. The summed E-state index contributed by atoms with van der Waals surface area (Å²) in [5.74, 6) is 0. The van der Waals surface area contributed by atoms with Crippen LogP contribution >= 0.6 is 11.8 Å². The van der Waals surface area contributed by atoms with Crippen LogP contribution in [0.15, 0.2) is 53.4 Å². The predicted molar refractivity (Wildman–Crippen MR) is 87.3 cm³/mol. The Morgan fingerprint density at radius 3 is 2.50 bits per heavy atom. The van der Waals surface area contributed by atoms with Crippen molar-refractivity contribution < 1.29 is 0 Å². The second-order valence-corrected chi connectivity index (χ2v) is 6.79. The summed E-state index contributed by atoms with van der Waals surface area (Å²) in [5.41, 5.74) is 10.6. The summed E-state index contributed by atoms with van der Waals surface area (Å²) in [4.78, 5) is 1.41. The Morgan fingerprint density at radius 1 is 1.10 bits per heavy atom. The molecule has 2 N–H and O–H groups in total. The number of aryl methyl sites for hydroxylation is 1. The fraction of sp³-hybridized carbons (Fsp3) is 0.333. The number of hydrogen-bond acceptors (Lipinski definition) is 2. The Hall–Kier alpha value is -1.25. The smallest absolute Gasteiger partial charge is 0.0290 e. The minimum absolute atomic E-state index is 0.222. The van der Waals surface area contributed by atoms with Crippen molar-refractivity contribution in [3.05, 3.63) is 65.2 Å². The highest BCUT2D eigenvalue weighted by atomic mass is 32.2. The molecule has 1 heterocycles. The van der Waals surface area contributed by atoms with E-state index in [2.05, 4.69) is 55.5 Å². The molecular formula is C18H21NS. The van der Waals surface area contributed by atoms with Gasteiger partial charge in [0, 0.05) is 16.2 Å². The Kier molecular flexibility index (Phi) is 4.13. The van der Waals surface area contributed by atoms with Crippen LogP contribution in [0.3, 0.4) is 0 Å². The van der Waals surface area contributed by atoms with Crippen LogP contribution in [0.4, 0.5) is 0 Å². The average Bonchev–Trinajstić information content (AvgIpc) is 2.92. The number of hydrogen-bond donors (Lipinski definition) is 1. The first-order valence-electron chi connectivity index (χ1n) is 7.34. The Bertz CT molecular complexity index is 551. The van der Waals surface area contributed by atoms with Gasteiger partial charge in [0.05, 0.1) is 0 Å². The Balaban J connectivity index is 1.64. The maximum Gasteiger partial charge on any atom is 0.0290 e. The highest BCUT2D eigenvalue weighted by molar-refractivity contribution is 8.00. The van der Waals surface area contributed by atoms with Crippen molar-refractivity contribution in [3.63, 3.8) is 0 Å². The first kappa shape index (κ1) is 13.7. The lowest BCUT2D eigenvalue weighted by Gasteiger charge is -2.18. The lowest BCUT2D eigenvalue weighted by atomic mass is 9.98. The molecule has 2 aromatic rings. The van der Waals surface area contributed by atoms with Crippen LogP contribution in [-0.2, 0) is 19.3 Å². The molecule has 0 fully saturated rings. The molecule has 0 radical (unpaired) electrons. The highest BCUT2D eigenvalue weighted by Crippen LogP contribution is 2.38. The van der Waals surface area contributed by atoms with E-state index in [1.54, 1.807) is 0 Å². The van der Waals surface area contributed by atoms with E-state index >= 15 is 0 Å². The summed E-state index contributed by atoms with van der Waals surface area (Å²) in [6, 6.07) is 17.8. The number of fused-ring (bicyclic) bond motifs is 1. The van der Waals surface area contributed by atoms with Crippen molar-refractivity contribution >= 4 is 11.8 Å². The topological polar surface area (TPSA) is 26.0 Å². The van der Waals surface area contributed by atoms with Gasteiger partial charge in [-0.1, -0.05) is 49.4 Å². The molecule has 2 atom stereocenters. The zero-order valence-electron chi connectivity index (χ0n) is 11.9. The largest absolute Gasteiger partial charge is 0.326 e. The van der Waals surface area contributed by atoms with Crippen LogP contribution < -0.4 is 5.73 Å². The SMILES string of the molecule is CCc1ccc(CC(N)C2Cc3ccccc3S2)cc1. The van der Waals surface area contributed by atoms with Crippen LogP contribution in [0.25, 0.3) is 0 Å². The molecule has 1 aliphatic rings. The molecule has 0 saturated heterocycles. The standard InChI is InChI=1S/C18H21NS/c1-2-13-7-9-14(10-8-13)11-16(19)18-12-15-5-3-4-6-17(15)20-18/h3-10,16,18H,2,11-12,19H2,1H3. The summed E-state index contributed by atoms with van der Waals surface area (Å²) >= 11 is 1.95. The lowest BCUT2D eigenvalue weighted by molar-refractivity contribution is 0.632. The zero-order chi connectivity index (χ0) is 13.9. The monoisotopic (exact) mass is 283 g/mol. The fourth-order valence-electron chi connectivity index (χ4n) is 2.76. The molecule has 1 aliphatic heterocycles. The third-order valence-corrected chi connectivity index (χ3v) is 5.52. The maximum atomic E-state index is 6.44. The maximum absolute atomic E-state index is 6.44. The van der Waals surface area contributed by atoms with Gasteiger partial charge in [-0.3, -0.25) is 0 Å². The molecule has 0 bridgehead atoms. The highest BCUT2D eigenvalue weighted by Gasteiger charge is 2.27. The quantitative estimate of drug-likeness (QED) is 0.922. The molecule has 2 aromatic carbocycles. The predicted octanol–water partition coefficient (Wildman–Crippen LogP) is 3.84. The second-order valence-electron chi connectivity index (χ2n) is 5.51. The molecule has 104 valence electrons. The van der Waals surface area contributed by atoms with E-state index in [1.807, 2.05) is 11.8 Å². The van der Waals surface area contributed by atoms with Crippen LogP contribution in [0.1, 0.15) is 23.6 Å². The normalized spacial score (nSPS) is 18.8. The van der Waals surface area contributed by atoms with Gasteiger partial charge in [0.1, 0.15) is 0 Å². The fourth-order valence-corrected chi connectivity index (χ4v) is 4.08. The Labute approximate surface area is 125 Å². The van der Waals surface area contributed by atoms with E-state index in [0.29, 0.717) is 5.25 Å². The van der Waals surface area contributed by atoms with Crippen molar-refractivity contribution in [1.29, 1.82) is 0 Å². The van der Waals surface area contributed by atoms with Gasteiger partial charge in [-0.25, -0.2) is 0 Å². The number of rotatable bonds is 4. The molecule has 3 rings (SSSR count). The Morgan fingerprint density at radius 2 is 1.80 bits per heavy atom. The summed E-state index contributed by atoms with van der Waals surface area (Å²) in [5, 5.41) is 0.512. The van der Waals surface area contributed by atoms with Gasteiger partial charge >= 0.3 is 0 Å². The van der Waals surface area contributed by atoms with Crippen molar-refractivity contribution in [1.82, 2.24) is 0 Å². The van der Waals surface area contributed by atoms with E-state index in [4.69, 9.17) is 5.73 Å². The van der Waals surface area contributed by atoms with Gasteiger partial charge < -0.3 is 5.73 Å². The van der Waals surface area contributed by atoms with Gasteiger partial charge in [0.15, 0.2) is 0 Å². The third kappa shape index (κ3) is 2.92. The second kappa shape index (κ2) is 6.02. The molecule has 1 nitrogen and oxygen atoms in total. The van der Waals surface area contributed by atoms with Gasteiger partial charge in [0.2, 0.25) is 0 Å². The first-order valence-corrected chi connectivity index (χ1v) is 8.22. The van der Waals surface area contributed by atoms with E-state index < -0.39 is 0 Å². The summed E-state index contributed by atoms with van der Waals surface area (Å²) in [6.45, 7) is 2.19. The zero-order valence-corrected chi connectivity index (χ0v) is 12.7. The summed E-state index contributed by atoms with van der Waals surface area (Å²) in [6.07, 6.45) is 3.17. The summed E-state index contributed by atoms with van der Waals surface area (Å²) < 4.78 is 0. The number of nitrogens with two attached hydrogens (primary N) is 1. The van der Waals surface area contributed by atoms with Crippen molar-refractivity contribution in [3.8, 4) is 0 Å². The van der Waals surface area contributed by atoms with Crippen molar-refractivity contribution in [2.45, 2.75) is 42.4 Å². The molecule has 2 unspecified atom stereocenters. The molecular weight excluding hydrogens is 262 g/mol. The minimum atomic E-state index is 0.222. The van der Waals surface area contributed by atoms with E-state index in [1.165, 1.54) is 21.6 Å². The third-order valence-electron chi connectivity index (χ3n) is 4.05. The molecule has 2 heteroatoms. The van der Waals surface area contributed by atoms with Gasteiger partial charge in [0.25, 0.3) is 0 Å². The van der Waals surface area contributed by atoms with E-state index in [0.717, 1.165) is 19.3 Å². The molecule has 0 aliphatic carbocycles. The average molecular weight is 283 g/mol. The van der Waals surface area contributed by atoms with Gasteiger partial charge in [-0.05, 0) is 42.0 Å². The van der Waals surface area contributed by atoms with Crippen LogP contribution in [0, 0.1) is 0 Å². The van der Waals surface area contributed by atoms with Crippen LogP contribution in [0.5, 0.6) is 0 Å². The van der Waals surface area contributed by atoms with Crippen molar-refractivity contribution in [2.24, 2.45) is 5.73 Å².